The number of nitrogens with zero attached hydrogens (tertiary/aromatic N) is 2. The van der Waals surface area contributed by atoms with E-state index in [2.05, 4.69) is 29.2 Å². The number of hydrogen-bond acceptors (Lipinski definition) is 6. The topological polar surface area (TPSA) is 76.2 Å². The van der Waals surface area contributed by atoms with Gasteiger partial charge in [0.1, 0.15) is 4.83 Å². The fourth-order valence-electron chi connectivity index (χ4n) is 5.96. The zero-order chi connectivity index (χ0) is 29.8. The van der Waals surface area contributed by atoms with E-state index in [1.807, 2.05) is 64.2 Å². The van der Waals surface area contributed by atoms with Gasteiger partial charge in [0.2, 0.25) is 5.71 Å². The molecule has 229 valence electrons. The van der Waals surface area contributed by atoms with Crippen molar-refractivity contribution in [1.29, 1.82) is 0 Å². The third kappa shape index (κ3) is 6.95. The molecule has 1 aliphatic rings. The van der Waals surface area contributed by atoms with Crippen LogP contribution in [0.2, 0.25) is 0 Å². The second kappa shape index (κ2) is 14.7. The number of hydrogen-bond donors (Lipinski definition) is 1. The molecule has 7 heteroatoms. The van der Waals surface area contributed by atoms with Gasteiger partial charge in [0.15, 0.2) is 5.78 Å². The first-order valence-corrected chi connectivity index (χ1v) is 16.3. The average Bonchev–Trinajstić information content (AvgIpc) is 3.56. The van der Waals surface area contributed by atoms with Gasteiger partial charge in [-0.25, -0.2) is 4.98 Å². The Balaban J connectivity index is 0.000000230. The number of ketones is 1. The summed E-state index contributed by atoms with van der Waals surface area (Å²) in [5.74, 6) is 0.547. The van der Waals surface area contributed by atoms with E-state index in [9.17, 15) is 9.90 Å². The monoisotopic (exact) mass is 774 g/mol. The molecule has 5 nitrogen and oxygen atoms in total. The standard InChI is InChI=1S/C23H17N2OS.C13H24O2.Ir/c1-13-9-10-16-15-6-4-7-18(21(15)26-22(16)24-13)19-12-11-17-14-5-2-3-8-20(14)27-23(17)25-19;1-5-10(6-2)12(14)9-13(15)11(7-3)8-4;/h4,6,9-12H,2-3,5,8H2,1H3;9-11,14H,5-8H2,1-4H3;/q-1;;/b;12-9-;. The molecule has 1 aliphatic carbocycles. The van der Waals surface area contributed by atoms with Crippen molar-refractivity contribution in [2.45, 2.75) is 86.0 Å². The van der Waals surface area contributed by atoms with Crippen molar-refractivity contribution in [1.82, 2.24) is 9.97 Å². The van der Waals surface area contributed by atoms with E-state index in [0.29, 0.717) is 5.71 Å². The quantitative estimate of drug-likeness (QED) is 0.0966. The zero-order valence-corrected chi connectivity index (χ0v) is 29.0. The van der Waals surface area contributed by atoms with Gasteiger partial charge in [-0.15, -0.1) is 29.5 Å². The molecular formula is C36H41IrN2O3S-. The van der Waals surface area contributed by atoms with Crippen molar-refractivity contribution in [2.24, 2.45) is 11.8 Å². The number of aliphatic hydroxyl groups excluding tert-OH is 1. The van der Waals surface area contributed by atoms with Gasteiger partial charge in [-0.3, -0.25) is 9.78 Å². The molecule has 0 bridgehead atoms. The van der Waals surface area contributed by atoms with Crippen LogP contribution in [0.4, 0.5) is 0 Å². The molecule has 5 aromatic rings. The number of furan rings is 1. The SMILES string of the molecule is CCC(CC)C(=O)/C=C(\O)C(CC)CC.Cc1ccc2c(n1)oc1c(-c3ccc4c5c(sc4n3)CCCC5)[c-]ccc12.[Ir]. The van der Waals surface area contributed by atoms with Crippen LogP contribution in [-0.2, 0) is 37.7 Å². The number of aliphatic hydroxyl groups is 1. The molecule has 1 N–H and O–H groups in total. The van der Waals surface area contributed by atoms with Crippen LogP contribution >= 0.6 is 11.3 Å². The van der Waals surface area contributed by atoms with E-state index in [4.69, 9.17) is 9.40 Å². The van der Waals surface area contributed by atoms with Gasteiger partial charge in [-0.05, 0) is 81.7 Å². The molecule has 4 heterocycles. The minimum atomic E-state index is 0. The van der Waals surface area contributed by atoms with Crippen molar-refractivity contribution in [3.8, 4) is 11.3 Å². The van der Waals surface area contributed by atoms with Gasteiger partial charge in [0.25, 0.3) is 0 Å². The number of aryl methyl sites for hydroxylation is 3. The normalized spacial score (nSPS) is 13.3. The summed E-state index contributed by atoms with van der Waals surface area (Å²) >= 11 is 1.85. The zero-order valence-electron chi connectivity index (χ0n) is 25.8. The maximum absolute atomic E-state index is 11.7. The smallest absolute Gasteiger partial charge is 0.216 e. The van der Waals surface area contributed by atoms with Gasteiger partial charge in [-0.1, -0.05) is 50.8 Å². The number of carbonyl (C=O) groups excluding carboxylic acids is 1. The van der Waals surface area contributed by atoms with Crippen LogP contribution in [0.3, 0.4) is 0 Å². The molecule has 43 heavy (non-hydrogen) atoms. The molecule has 0 saturated heterocycles. The van der Waals surface area contributed by atoms with Crippen LogP contribution in [0, 0.1) is 24.8 Å². The number of benzene rings is 1. The van der Waals surface area contributed by atoms with Gasteiger partial charge < -0.3 is 9.52 Å². The van der Waals surface area contributed by atoms with Crippen LogP contribution in [0.25, 0.3) is 43.5 Å². The van der Waals surface area contributed by atoms with Gasteiger partial charge >= 0.3 is 0 Å². The Morgan fingerprint density at radius 3 is 2.37 bits per heavy atom. The van der Waals surface area contributed by atoms with Crippen LogP contribution in [0.15, 0.2) is 52.7 Å². The van der Waals surface area contributed by atoms with E-state index >= 15 is 0 Å². The molecule has 6 rings (SSSR count). The van der Waals surface area contributed by atoms with E-state index < -0.39 is 0 Å². The fraction of sp³-hybridized carbons (Fsp3) is 0.417. The summed E-state index contributed by atoms with van der Waals surface area (Å²) in [7, 11) is 0. The minimum absolute atomic E-state index is 0. The molecule has 0 amide bonds. The summed E-state index contributed by atoms with van der Waals surface area (Å²) in [5.41, 5.74) is 5.80. The van der Waals surface area contributed by atoms with E-state index in [-0.39, 0.29) is 43.5 Å². The third-order valence-electron chi connectivity index (χ3n) is 8.60. The molecule has 0 aliphatic heterocycles. The van der Waals surface area contributed by atoms with Crippen molar-refractivity contribution in [3.05, 3.63) is 70.4 Å². The Kier molecular flexibility index (Phi) is 11.3. The number of pyridine rings is 2. The van der Waals surface area contributed by atoms with Crippen LogP contribution < -0.4 is 0 Å². The fourth-order valence-corrected chi connectivity index (χ4v) is 7.22. The van der Waals surface area contributed by atoms with Crippen LogP contribution in [0.1, 0.15) is 82.4 Å². The Labute approximate surface area is 272 Å². The molecule has 0 atom stereocenters. The van der Waals surface area contributed by atoms with Gasteiger partial charge in [0, 0.05) is 59.4 Å². The minimum Gasteiger partial charge on any atom is -0.512 e. The third-order valence-corrected chi connectivity index (χ3v) is 9.80. The molecular weight excluding hydrogens is 733 g/mol. The van der Waals surface area contributed by atoms with E-state index in [1.54, 1.807) is 0 Å². The Hall–Kier alpha value is -2.86. The molecule has 1 radical (unpaired) electrons. The first kappa shape index (κ1) is 33.0. The average molecular weight is 774 g/mol. The van der Waals surface area contributed by atoms with Gasteiger partial charge in [0.05, 0.1) is 11.3 Å². The first-order valence-electron chi connectivity index (χ1n) is 15.4. The maximum atomic E-state index is 11.7. The summed E-state index contributed by atoms with van der Waals surface area (Å²) in [6, 6.07) is 15.8. The second-order valence-electron chi connectivity index (χ2n) is 11.3. The number of allylic oxidation sites excluding steroid dienone is 2. The second-order valence-corrected chi connectivity index (χ2v) is 12.3. The molecule has 0 spiro atoms. The van der Waals surface area contributed by atoms with Crippen molar-refractivity contribution >= 4 is 49.4 Å². The maximum Gasteiger partial charge on any atom is 0.216 e. The largest absolute Gasteiger partial charge is 0.512 e. The summed E-state index contributed by atoms with van der Waals surface area (Å²) in [6.45, 7) is 10.1. The van der Waals surface area contributed by atoms with Crippen molar-refractivity contribution in [2.75, 3.05) is 0 Å². The molecule has 0 unspecified atom stereocenters. The Bertz CT molecular complexity index is 1740. The summed E-state index contributed by atoms with van der Waals surface area (Å²) in [5, 5.41) is 13.2. The predicted molar refractivity (Wildman–Crippen MR) is 174 cm³/mol. The van der Waals surface area contributed by atoms with Gasteiger partial charge in [-0.2, -0.15) is 0 Å². The number of aromatic nitrogens is 2. The summed E-state index contributed by atoms with van der Waals surface area (Å²) < 4.78 is 6.13. The van der Waals surface area contributed by atoms with Crippen LogP contribution in [0.5, 0.6) is 0 Å². The molecule has 4 aromatic heterocycles. The number of thiophene rings is 1. The van der Waals surface area contributed by atoms with E-state index in [1.165, 1.54) is 47.6 Å². The molecule has 0 fully saturated rings. The number of carbonyl (C=O) groups is 1. The van der Waals surface area contributed by atoms with Crippen molar-refractivity contribution < 1.29 is 34.4 Å². The Morgan fingerprint density at radius 2 is 1.65 bits per heavy atom. The number of rotatable bonds is 8. The summed E-state index contributed by atoms with van der Waals surface area (Å²) in [4.78, 5) is 23.9. The van der Waals surface area contributed by atoms with E-state index in [0.717, 1.165) is 63.8 Å². The summed E-state index contributed by atoms with van der Waals surface area (Å²) in [6.07, 6.45) is 9.88. The molecule has 0 saturated carbocycles. The van der Waals surface area contributed by atoms with Crippen molar-refractivity contribution in [3.63, 3.8) is 0 Å². The molecule has 1 aromatic carbocycles. The number of fused-ring (bicyclic) bond motifs is 6. The predicted octanol–water partition coefficient (Wildman–Crippen LogP) is 10.1. The Morgan fingerprint density at radius 1 is 0.953 bits per heavy atom. The first-order chi connectivity index (χ1) is 20.4. The van der Waals surface area contributed by atoms with Crippen LogP contribution in [-0.4, -0.2) is 20.9 Å².